The van der Waals surface area contributed by atoms with Crippen molar-refractivity contribution < 1.29 is 0 Å². The summed E-state index contributed by atoms with van der Waals surface area (Å²) in [5.41, 5.74) is 8.25. The normalized spacial score (nSPS) is 11.7. The minimum Gasteiger partial charge on any atom is -0.309 e. The van der Waals surface area contributed by atoms with E-state index in [0.717, 1.165) is 66.7 Å². The van der Waals surface area contributed by atoms with E-state index in [1.165, 1.54) is 43.1 Å². The molecule has 280 valence electrons. The topological polar surface area (TPSA) is 32.3 Å². The number of benzene rings is 11. The van der Waals surface area contributed by atoms with Gasteiger partial charge in [-0.1, -0.05) is 152 Å². The fraction of sp³-hybridized carbons (Fsp3) is 0. The zero-order valence-corrected chi connectivity index (χ0v) is 32.6. The monoisotopic (exact) mass is 764 g/mol. The number of aromatic nitrogens is 2. The zero-order chi connectivity index (χ0) is 39.6. The first-order chi connectivity index (χ1) is 29.8. The molecular formula is C56H36N4. The van der Waals surface area contributed by atoms with E-state index >= 15 is 0 Å². The maximum atomic E-state index is 5.18. The van der Waals surface area contributed by atoms with Crippen molar-refractivity contribution in [2.45, 2.75) is 0 Å². The third kappa shape index (κ3) is 5.32. The van der Waals surface area contributed by atoms with Gasteiger partial charge in [-0.2, -0.15) is 0 Å². The van der Waals surface area contributed by atoms with E-state index in [9.17, 15) is 0 Å². The first kappa shape index (κ1) is 34.0. The summed E-state index contributed by atoms with van der Waals surface area (Å²) in [4.78, 5) is 15.2. The molecule has 0 spiro atoms. The van der Waals surface area contributed by atoms with Crippen molar-refractivity contribution in [1.29, 1.82) is 0 Å². The number of para-hydroxylation sites is 2. The smallest absolute Gasteiger partial charge is 0.0992 e. The van der Waals surface area contributed by atoms with Crippen LogP contribution in [0.5, 0.6) is 0 Å². The molecule has 4 nitrogen and oxygen atoms in total. The number of hydrogen-bond acceptors (Lipinski definition) is 4. The van der Waals surface area contributed by atoms with Gasteiger partial charge in [0.1, 0.15) is 0 Å². The van der Waals surface area contributed by atoms with E-state index in [0.29, 0.717) is 0 Å². The van der Waals surface area contributed by atoms with Crippen molar-refractivity contribution in [1.82, 2.24) is 9.97 Å². The minimum atomic E-state index is 0.861. The molecule has 0 aliphatic rings. The fourth-order valence-corrected chi connectivity index (χ4v) is 9.43. The highest BCUT2D eigenvalue weighted by molar-refractivity contribution is 6.28. The SMILES string of the molecule is c1ccc(N(c2ccc3c(c2)c2nccnc2c2c(N(c4ccccc4)c4c5ccccc5cc5ccccc45)cccc32)c2c3ccccc3cc3ccccc23)cc1. The summed E-state index contributed by atoms with van der Waals surface area (Å²) >= 11 is 0. The lowest BCUT2D eigenvalue weighted by atomic mass is 9.95. The van der Waals surface area contributed by atoms with Crippen LogP contribution in [0.25, 0.3) is 75.7 Å². The fourth-order valence-electron chi connectivity index (χ4n) is 9.43. The maximum Gasteiger partial charge on any atom is 0.0992 e. The van der Waals surface area contributed by atoms with Gasteiger partial charge in [0.05, 0.1) is 28.1 Å². The molecule has 0 saturated carbocycles. The van der Waals surface area contributed by atoms with Gasteiger partial charge >= 0.3 is 0 Å². The van der Waals surface area contributed by atoms with Crippen molar-refractivity contribution in [2.24, 2.45) is 0 Å². The lowest BCUT2D eigenvalue weighted by molar-refractivity contribution is 1.29. The summed E-state index contributed by atoms with van der Waals surface area (Å²) in [5, 5.41) is 13.9. The van der Waals surface area contributed by atoms with Gasteiger partial charge in [-0.15, -0.1) is 0 Å². The molecule has 60 heavy (non-hydrogen) atoms. The maximum absolute atomic E-state index is 5.18. The second-order valence-corrected chi connectivity index (χ2v) is 15.4. The van der Waals surface area contributed by atoms with Crippen LogP contribution < -0.4 is 9.80 Å². The molecular weight excluding hydrogens is 729 g/mol. The van der Waals surface area contributed by atoms with E-state index in [1.54, 1.807) is 0 Å². The molecule has 11 aromatic carbocycles. The number of fused-ring (bicyclic) bond motifs is 10. The van der Waals surface area contributed by atoms with Crippen LogP contribution in [0.3, 0.4) is 0 Å². The molecule has 1 aromatic heterocycles. The summed E-state index contributed by atoms with van der Waals surface area (Å²) in [6.45, 7) is 0. The Morgan fingerprint density at radius 2 is 0.733 bits per heavy atom. The Morgan fingerprint density at radius 1 is 0.283 bits per heavy atom. The predicted octanol–water partition coefficient (Wildman–Crippen LogP) is 15.5. The van der Waals surface area contributed by atoms with Crippen molar-refractivity contribution >= 4 is 110 Å². The molecule has 0 atom stereocenters. The predicted molar refractivity (Wildman–Crippen MR) is 254 cm³/mol. The summed E-state index contributed by atoms with van der Waals surface area (Å²) in [7, 11) is 0. The zero-order valence-electron chi connectivity index (χ0n) is 32.6. The second-order valence-electron chi connectivity index (χ2n) is 15.4. The summed E-state index contributed by atoms with van der Waals surface area (Å²) in [6, 6.07) is 74.4. The van der Waals surface area contributed by atoms with Gasteiger partial charge in [0, 0.05) is 61.8 Å². The highest BCUT2D eigenvalue weighted by Crippen LogP contribution is 2.50. The largest absolute Gasteiger partial charge is 0.309 e. The second kappa shape index (κ2) is 13.8. The highest BCUT2D eigenvalue weighted by atomic mass is 15.2. The third-order valence-electron chi connectivity index (χ3n) is 12.0. The van der Waals surface area contributed by atoms with Crippen LogP contribution in [0.15, 0.2) is 219 Å². The van der Waals surface area contributed by atoms with Crippen LogP contribution in [0.2, 0.25) is 0 Å². The molecule has 0 bridgehead atoms. The molecule has 0 fully saturated rings. The van der Waals surface area contributed by atoms with Gasteiger partial charge in [0.15, 0.2) is 0 Å². The van der Waals surface area contributed by atoms with Crippen molar-refractivity contribution in [2.75, 3.05) is 9.80 Å². The summed E-state index contributed by atoms with van der Waals surface area (Å²) in [6.07, 6.45) is 3.65. The van der Waals surface area contributed by atoms with Gasteiger partial charge < -0.3 is 9.80 Å². The van der Waals surface area contributed by atoms with Crippen LogP contribution >= 0.6 is 0 Å². The van der Waals surface area contributed by atoms with E-state index < -0.39 is 0 Å². The van der Waals surface area contributed by atoms with Crippen LogP contribution in [0.1, 0.15) is 0 Å². The first-order valence-electron chi connectivity index (χ1n) is 20.4. The van der Waals surface area contributed by atoms with E-state index in [1.807, 2.05) is 12.4 Å². The lowest BCUT2D eigenvalue weighted by Gasteiger charge is -2.30. The minimum absolute atomic E-state index is 0.861. The molecule has 1 heterocycles. The Bertz CT molecular complexity index is 3470. The number of rotatable bonds is 6. The molecule has 0 aliphatic carbocycles. The van der Waals surface area contributed by atoms with Crippen molar-refractivity contribution in [3.63, 3.8) is 0 Å². The van der Waals surface area contributed by atoms with E-state index in [4.69, 9.17) is 9.97 Å². The van der Waals surface area contributed by atoms with Gasteiger partial charge in [0.2, 0.25) is 0 Å². The first-order valence-corrected chi connectivity index (χ1v) is 20.4. The van der Waals surface area contributed by atoms with Crippen molar-refractivity contribution in [3.05, 3.63) is 219 Å². The Kier molecular flexibility index (Phi) is 7.82. The van der Waals surface area contributed by atoms with E-state index in [-0.39, 0.29) is 0 Å². The van der Waals surface area contributed by atoms with Gasteiger partial charge in [-0.05, 0) is 86.9 Å². The molecule has 0 N–H and O–H groups in total. The van der Waals surface area contributed by atoms with Crippen LogP contribution in [-0.4, -0.2) is 9.97 Å². The third-order valence-corrected chi connectivity index (χ3v) is 12.0. The quantitative estimate of drug-likeness (QED) is 0.125. The van der Waals surface area contributed by atoms with Gasteiger partial charge in [-0.25, -0.2) is 0 Å². The highest BCUT2D eigenvalue weighted by Gasteiger charge is 2.25. The average Bonchev–Trinajstić information content (AvgIpc) is 3.32. The van der Waals surface area contributed by atoms with Gasteiger partial charge in [0.25, 0.3) is 0 Å². The Hall–Kier alpha value is -8.08. The van der Waals surface area contributed by atoms with E-state index in [2.05, 4.69) is 216 Å². The molecule has 12 rings (SSSR count). The van der Waals surface area contributed by atoms with Gasteiger partial charge in [-0.3, -0.25) is 9.97 Å². The molecule has 0 aliphatic heterocycles. The van der Waals surface area contributed by atoms with Crippen LogP contribution in [-0.2, 0) is 0 Å². The number of anilines is 6. The molecule has 12 aromatic rings. The average molecular weight is 765 g/mol. The Morgan fingerprint density at radius 3 is 1.28 bits per heavy atom. The van der Waals surface area contributed by atoms with Crippen molar-refractivity contribution in [3.8, 4) is 0 Å². The lowest BCUT2D eigenvalue weighted by Crippen LogP contribution is -2.12. The van der Waals surface area contributed by atoms with Crippen LogP contribution in [0, 0.1) is 0 Å². The Labute approximate surface area is 346 Å². The number of hydrogen-bond donors (Lipinski definition) is 0. The number of nitrogens with zero attached hydrogens (tertiary/aromatic N) is 4. The molecule has 0 radical (unpaired) electrons. The summed E-state index contributed by atoms with van der Waals surface area (Å²) in [5.74, 6) is 0. The standard InChI is InChI=1S/C56H36N4/c1-3-20-41(21-4-1)59(55-44-24-11-7-16-37(44)34-38-17-8-12-25-45(38)55)43-30-31-48-49-28-15-29-51(52(49)54-53(50(48)36-43)57-32-33-58-54)60(42-22-5-2-6-23-42)56-46-26-13-9-18-39(46)35-40-19-10-14-27-47(40)56/h1-36H. The molecule has 0 unspecified atom stereocenters. The molecule has 0 amide bonds. The molecule has 0 saturated heterocycles. The van der Waals surface area contributed by atoms with Crippen LogP contribution in [0.4, 0.5) is 34.1 Å². The Balaban J connectivity index is 1.17. The molecule has 4 heteroatoms. The summed E-state index contributed by atoms with van der Waals surface area (Å²) < 4.78 is 0.